The number of carbonyl (C=O) groups excluding carboxylic acids is 1. The first-order valence-corrected chi connectivity index (χ1v) is 15.5. The summed E-state index contributed by atoms with van der Waals surface area (Å²) in [5.74, 6) is 0.133. The van der Waals surface area contributed by atoms with E-state index in [1.165, 1.54) is 11.9 Å². The summed E-state index contributed by atoms with van der Waals surface area (Å²) in [5, 5.41) is 0.820. The molecule has 4 rings (SSSR count). The first-order chi connectivity index (χ1) is 15.8. The third-order valence-electron chi connectivity index (χ3n) is 6.36. The van der Waals surface area contributed by atoms with Crippen molar-refractivity contribution in [2.45, 2.75) is 51.8 Å². The number of ketones is 1. The van der Waals surface area contributed by atoms with Gasteiger partial charge in [0.1, 0.15) is 24.4 Å². The van der Waals surface area contributed by atoms with Gasteiger partial charge in [-0.1, -0.05) is 31.8 Å². The number of hydrogen-bond donors (Lipinski definition) is 1. The molecule has 0 unspecified atom stereocenters. The molecule has 0 bridgehead atoms. The number of rotatable bonds is 9. The summed E-state index contributed by atoms with van der Waals surface area (Å²) in [4.78, 5) is 24.6. The zero-order valence-electron chi connectivity index (χ0n) is 20.0. The normalized spacial score (nSPS) is 15.8. The van der Waals surface area contributed by atoms with Gasteiger partial charge in [0.2, 0.25) is 0 Å². The lowest BCUT2D eigenvalue weighted by Crippen LogP contribution is -2.36. The van der Waals surface area contributed by atoms with Crippen LogP contribution in [0.5, 0.6) is 0 Å². The summed E-state index contributed by atoms with van der Waals surface area (Å²) in [7, 11) is -1.12. The van der Waals surface area contributed by atoms with Gasteiger partial charge in [-0.05, 0) is 55.7 Å². The van der Waals surface area contributed by atoms with Crippen LogP contribution in [0.4, 0.5) is 5.69 Å². The second-order valence-corrected chi connectivity index (χ2v) is 15.9. The third kappa shape index (κ3) is 6.07. The Kier molecular flexibility index (Phi) is 7.26. The fourth-order valence-electron chi connectivity index (χ4n) is 4.27. The number of nitrogen functional groups attached to an aromatic ring is 1. The number of nitrogens with zero attached hydrogens (tertiary/aromatic N) is 4. The molecule has 3 heterocycles. The molecule has 1 fully saturated rings. The van der Waals surface area contributed by atoms with Gasteiger partial charge in [-0.25, -0.2) is 9.97 Å². The minimum absolute atomic E-state index is 0.00196. The zero-order chi connectivity index (χ0) is 23.4. The van der Waals surface area contributed by atoms with Crippen LogP contribution in [0.15, 0.2) is 42.9 Å². The molecular formula is C25H35N5O2Si. The van der Waals surface area contributed by atoms with E-state index in [-0.39, 0.29) is 11.7 Å². The largest absolute Gasteiger partial charge is 0.399 e. The highest BCUT2D eigenvalue weighted by atomic mass is 28.3. The number of fused-ring (bicyclic) bond motifs is 1. The minimum atomic E-state index is -1.12. The number of benzene rings is 1. The van der Waals surface area contributed by atoms with Gasteiger partial charge >= 0.3 is 0 Å². The van der Waals surface area contributed by atoms with Gasteiger partial charge in [-0.3, -0.25) is 9.69 Å². The van der Waals surface area contributed by atoms with Crippen molar-refractivity contribution in [1.29, 1.82) is 0 Å². The molecule has 0 spiro atoms. The van der Waals surface area contributed by atoms with E-state index >= 15 is 0 Å². The van der Waals surface area contributed by atoms with Gasteiger partial charge in [0, 0.05) is 44.4 Å². The lowest BCUT2D eigenvalue weighted by Gasteiger charge is -2.31. The quantitative estimate of drug-likeness (QED) is 0.218. The van der Waals surface area contributed by atoms with E-state index in [0.29, 0.717) is 12.4 Å². The molecule has 2 N–H and O–H groups in total. The number of likely N-dealkylation sites (tertiary alicyclic amines) is 1. The SMILES string of the molecule is C[Si](C)(C)CCOCn1ccc2c(C(=O)C3CCN(Cc4ccc(N)cc4)CC3)ncnc21. The van der Waals surface area contributed by atoms with Crippen molar-refractivity contribution < 1.29 is 9.53 Å². The van der Waals surface area contributed by atoms with Gasteiger partial charge in [-0.2, -0.15) is 0 Å². The second kappa shape index (κ2) is 10.2. The Hall–Kier alpha value is -2.55. The van der Waals surface area contributed by atoms with Gasteiger partial charge in [0.15, 0.2) is 5.78 Å². The number of Topliss-reactive ketones (excluding diaryl/α,β-unsaturated/α-hetero) is 1. The average molecular weight is 466 g/mol. The molecule has 0 amide bonds. The van der Waals surface area contributed by atoms with Crippen LogP contribution in [-0.4, -0.2) is 53.0 Å². The number of anilines is 1. The maximum atomic E-state index is 13.3. The third-order valence-corrected chi connectivity index (χ3v) is 8.06. The van der Waals surface area contributed by atoms with Crippen LogP contribution in [0.1, 0.15) is 28.9 Å². The van der Waals surface area contributed by atoms with Gasteiger partial charge < -0.3 is 15.0 Å². The Balaban J connectivity index is 1.36. The molecule has 0 saturated carbocycles. The molecule has 2 aromatic heterocycles. The predicted octanol–water partition coefficient (Wildman–Crippen LogP) is 4.42. The van der Waals surface area contributed by atoms with Gasteiger partial charge in [0.05, 0.1) is 0 Å². The molecule has 3 aromatic rings. The molecule has 1 aliphatic heterocycles. The van der Waals surface area contributed by atoms with E-state index in [1.54, 1.807) is 0 Å². The lowest BCUT2D eigenvalue weighted by molar-refractivity contribution is 0.0830. The molecular weight excluding hydrogens is 430 g/mol. The van der Waals surface area contributed by atoms with Crippen molar-refractivity contribution >= 4 is 30.6 Å². The Morgan fingerprint density at radius 3 is 2.55 bits per heavy atom. The standard InChI is InChI=1S/C25H35N5O2Si/c1-33(2,3)15-14-32-18-30-13-10-22-23(27-17-28-25(22)30)24(31)20-8-11-29(12-9-20)16-19-4-6-21(26)7-5-19/h4-7,10,13,17,20H,8-9,11-12,14-16,18,26H2,1-3H3. The molecule has 7 nitrogen and oxygen atoms in total. The van der Waals surface area contributed by atoms with Crippen LogP contribution in [0.25, 0.3) is 11.0 Å². The molecule has 176 valence electrons. The summed E-state index contributed by atoms with van der Waals surface area (Å²) >= 11 is 0. The van der Waals surface area contributed by atoms with Crippen molar-refractivity contribution in [3.63, 3.8) is 0 Å². The summed E-state index contributed by atoms with van der Waals surface area (Å²) in [6, 6.07) is 11.1. The molecule has 1 saturated heterocycles. The first-order valence-electron chi connectivity index (χ1n) is 11.8. The van der Waals surface area contributed by atoms with Crippen molar-refractivity contribution in [3.05, 3.63) is 54.1 Å². The fourth-order valence-corrected chi connectivity index (χ4v) is 5.03. The molecule has 0 atom stereocenters. The fraction of sp³-hybridized carbons (Fsp3) is 0.480. The number of carbonyl (C=O) groups is 1. The Morgan fingerprint density at radius 1 is 1.12 bits per heavy atom. The van der Waals surface area contributed by atoms with E-state index in [9.17, 15) is 4.79 Å². The maximum absolute atomic E-state index is 13.3. The lowest BCUT2D eigenvalue weighted by atomic mass is 9.90. The maximum Gasteiger partial charge on any atom is 0.185 e. The Bertz CT molecular complexity index is 1080. The number of ether oxygens (including phenoxy) is 1. The summed E-state index contributed by atoms with van der Waals surface area (Å²) in [5.41, 5.74) is 9.12. The van der Waals surface area contributed by atoms with Crippen LogP contribution in [0.3, 0.4) is 0 Å². The van der Waals surface area contributed by atoms with Crippen molar-refractivity contribution in [2.75, 3.05) is 25.4 Å². The monoisotopic (exact) mass is 465 g/mol. The van der Waals surface area contributed by atoms with E-state index in [1.807, 2.05) is 29.0 Å². The smallest absolute Gasteiger partial charge is 0.185 e. The Morgan fingerprint density at radius 2 is 1.85 bits per heavy atom. The van der Waals surface area contributed by atoms with Crippen LogP contribution in [-0.2, 0) is 18.0 Å². The Labute approximate surface area is 197 Å². The molecule has 8 heteroatoms. The van der Waals surface area contributed by atoms with Crippen molar-refractivity contribution in [3.8, 4) is 0 Å². The van der Waals surface area contributed by atoms with E-state index in [4.69, 9.17) is 10.5 Å². The van der Waals surface area contributed by atoms with E-state index in [0.717, 1.165) is 61.8 Å². The van der Waals surface area contributed by atoms with Crippen LogP contribution in [0.2, 0.25) is 25.7 Å². The van der Waals surface area contributed by atoms with Crippen LogP contribution in [0, 0.1) is 5.92 Å². The molecule has 1 aromatic carbocycles. The van der Waals surface area contributed by atoms with Crippen molar-refractivity contribution in [2.24, 2.45) is 5.92 Å². The van der Waals surface area contributed by atoms with E-state index < -0.39 is 8.07 Å². The first kappa shape index (κ1) is 23.6. The minimum Gasteiger partial charge on any atom is -0.399 e. The molecule has 0 radical (unpaired) electrons. The van der Waals surface area contributed by atoms with Gasteiger partial charge in [0.25, 0.3) is 0 Å². The highest BCUT2D eigenvalue weighted by molar-refractivity contribution is 6.76. The van der Waals surface area contributed by atoms with E-state index in [2.05, 4.69) is 46.6 Å². The number of nitrogens with two attached hydrogens (primary N) is 1. The summed E-state index contributed by atoms with van der Waals surface area (Å²) in [6.07, 6.45) is 5.14. The van der Waals surface area contributed by atoms with Crippen LogP contribution < -0.4 is 5.73 Å². The summed E-state index contributed by atoms with van der Waals surface area (Å²) in [6.45, 7) is 10.9. The topological polar surface area (TPSA) is 86.3 Å². The van der Waals surface area contributed by atoms with Gasteiger partial charge in [-0.15, -0.1) is 0 Å². The zero-order valence-corrected chi connectivity index (χ0v) is 21.0. The summed E-state index contributed by atoms with van der Waals surface area (Å²) < 4.78 is 7.85. The average Bonchev–Trinajstić information content (AvgIpc) is 3.21. The highest BCUT2D eigenvalue weighted by Crippen LogP contribution is 2.26. The second-order valence-electron chi connectivity index (χ2n) is 10.2. The molecule has 33 heavy (non-hydrogen) atoms. The predicted molar refractivity (Wildman–Crippen MR) is 135 cm³/mol. The molecule has 1 aliphatic rings. The number of piperidine rings is 1. The highest BCUT2D eigenvalue weighted by Gasteiger charge is 2.28. The van der Waals surface area contributed by atoms with Crippen molar-refractivity contribution in [1.82, 2.24) is 19.4 Å². The number of aromatic nitrogens is 3. The van der Waals surface area contributed by atoms with Crippen LogP contribution >= 0.6 is 0 Å². The number of hydrogen-bond acceptors (Lipinski definition) is 6. The molecule has 0 aliphatic carbocycles.